The summed E-state index contributed by atoms with van der Waals surface area (Å²) < 4.78 is 44.7. The molecule has 1 aliphatic rings. The van der Waals surface area contributed by atoms with Crippen LogP contribution in [-0.4, -0.2) is 70.1 Å². The minimum atomic E-state index is -3.88. The van der Waals surface area contributed by atoms with Crippen LogP contribution in [0.25, 0.3) is 6.08 Å². The van der Waals surface area contributed by atoms with Crippen molar-refractivity contribution < 1.29 is 27.4 Å². The minimum Gasteiger partial charge on any atom is -0.493 e. The van der Waals surface area contributed by atoms with Crippen molar-refractivity contribution in [2.45, 2.75) is 31.9 Å². The molecule has 0 aliphatic carbocycles. The highest BCUT2D eigenvalue weighted by molar-refractivity contribution is 7.92. The van der Waals surface area contributed by atoms with Crippen molar-refractivity contribution in [3.63, 3.8) is 0 Å². The number of carbonyl (C=O) groups excluding carboxylic acids is 1. The second-order valence-electron chi connectivity index (χ2n) is 9.52. The number of ether oxygens (including phenoxy) is 3. The van der Waals surface area contributed by atoms with Crippen LogP contribution in [0.15, 0.2) is 71.5 Å². The minimum absolute atomic E-state index is 0.135. The van der Waals surface area contributed by atoms with Gasteiger partial charge in [0, 0.05) is 30.0 Å². The highest BCUT2D eigenvalue weighted by Gasteiger charge is 2.29. The normalized spacial score (nSPS) is 15.5. The third-order valence-electron chi connectivity index (χ3n) is 6.73. The van der Waals surface area contributed by atoms with Crippen molar-refractivity contribution in [3.8, 4) is 11.5 Å². The van der Waals surface area contributed by atoms with Crippen molar-refractivity contribution in [1.82, 2.24) is 9.21 Å². The van der Waals surface area contributed by atoms with Gasteiger partial charge in [-0.2, -0.15) is 4.31 Å². The zero-order chi connectivity index (χ0) is 28.4. The molecule has 8 nitrogen and oxygen atoms in total. The number of hydrogen-bond acceptors (Lipinski definition) is 7. The number of sulfonamides is 1. The Hall–Kier alpha value is -3.18. The maximum Gasteiger partial charge on any atom is 0.238 e. The van der Waals surface area contributed by atoms with Gasteiger partial charge in [0.15, 0.2) is 11.5 Å². The maximum absolute atomic E-state index is 13.7. The van der Waals surface area contributed by atoms with Gasteiger partial charge in [-0.15, -0.1) is 11.3 Å². The quantitative estimate of drug-likeness (QED) is 0.270. The molecule has 214 valence electrons. The molecule has 0 radical (unpaired) electrons. The standard InChI is InChI=1S/C30H36N2O6S2/c1-36-28-13-12-25(20-29(28)37-2)14-16-31(22-27-11-7-18-39-27)30(33)23-32(21-26-10-6-17-38-26)40(34,35)19-15-24-8-4-3-5-9-24/h3-5,7-9,11-13,15,18-20,26H,6,10,14,16-17,21-23H2,1-2H3. The molecule has 1 amide bonds. The molecule has 1 aromatic heterocycles. The number of thiophene rings is 1. The van der Waals surface area contributed by atoms with Crippen LogP contribution in [0.4, 0.5) is 0 Å². The van der Waals surface area contributed by atoms with Gasteiger partial charge in [0.25, 0.3) is 0 Å². The number of amides is 1. The molecule has 0 spiro atoms. The van der Waals surface area contributed by atoms with Crippen molar-refractivity contribution in [3.05, 3.63) is 87.5 Å². The van der Waals surface area contributed by atoms with E-state index in [0.29, 0.717) is 37.6 Å². The van der Waals surface area contributed by atoms with E-state index >= 15 is 0 Å². The molecule has 2 aromatic carbocycles. The number of methoxy groups -OCH3 is 2. The van der Waals surface area contributed by atoms with E-state index in [2.05, 4.69) is 0 Å². The summed E-state index contributed by atoms with van der Waals surface area (Å²) >= 11 is 1.56. The van der Waals surface area contributed by atoms with E-state index in [1.807, 2.05) is 66.0 Å². The van der Waals surface area contributed by atoms with E-state index < -0.39 is 10.0 Å². The Bertz CT molecular complexity index is 1350. The number of hydrogen-bond donors (Lipinski definition) is 0. The first-order valence-corrected chi connectivity index (χ1v) is 15.6. The molecule has 1 fully saturated rings. The molecule has 0 bridgehead atoms. The lowest BCUT2D eigenvalue weighted by Crippen LogP contribution is -2.45. The van der Waals surface area contributed by atoms with Gasteiger partial charge in [0.05, 0.1) is 33.4 Å². The smallest absolute Gasteiger partial charge is 0.238 e. The first kappa shape index (κ1) is 29.8. The Morgan fingerprint density at radius 2 is 1.88 bits per heavy atom. The van der Waals surface area contributed by atoms with E-state index in [-0.39, 0.29) is 25.1 Å². The van der Waals surface area contributed by atoms with Gasteiger partial charge in [-0.1, -0.05) is 42.5 Å². The highest BCUT2D eigenvalue weighted by atomic mass is 32.2. The van der Waals surface area contributed by atoms with Crippen molar-refractivity contribution in [2.24, 2.45) is 0 Å². The summed E-state index contributed by atoms with van der Waals surface area (Å²) in [6.45, 7) is 1.29. The second kappa shape index (κ2) is 14.5. The molecule has 4 rings (SSSR count). The predicted molar refractivity (Wildman–Crippen MR) is 158 cm³/mol. The largest absolute Gasteiger partial charge is 0.493 e. The fourth-order valence-corrected chi connectivity index (χ4v) is 6.41. The molecule has 3 aromatic rings. The first-order chi connectivity index (χ1) is 19.4. The van der Waals surface area contributed by atoms with E-state index in [9.17, 15) is 13.2 Å². The summed E-state index contributed by atoms with van der Waals surface area (Å²) in [6, 6.07) is 18.8. The van der Waals surface area contributed by atoms with Crippen LogP contribution < -0.4 is 9.47 Å². The fourth-order valence-electron chi connectivity index (χ4n) is 4.52. The summed E-state index contributed by atoms with van der Waals surface area (Å²) in [4.78, 5) is 16.5. The summed E-state index contributed by atoms with van der Waals surface area (Å²) in [6.07, 6.45) is 3.54. The van der Waals surface area contributed by atoms with Crippen molar-refractivity contribution >= 4 is 33.3 Å². The Morgan fingerprint density at radius 3 is 2.55 bits per heavy atom. The van der Waals surface area contributed by atoms with Crippen LogP contribution in [0.5, 0.6) is 11.5 Å². The highest BCUT2D eigenvalue weighted by Crippen LogP contribution is 2.28. The molecule has 10 heteroatoms. The van der Waals surface area contributed by atoms with Crippen molar-refractivity contribution in [1.29, 1.82) is 0 Å². The van der Waals surface area contributed by atoms with Crippen molar-refractivity contribution in [2.75, 3.05) is 40.5 Å². The van der Waals surface area contributed by atoms with Crippen LogP contribution in [0, 0.1) is 0 Å². The van der Waals surface area contributed by atoms with E-state index in [1.54, 1.807) is 36.5 Å². The van der Waals surface area contributed by atoms with Gasteiger partial charge in [-0.3, -0.25) is 4.79 Å². The lowest BCUT2D eigenvalue weighted by Gasteiger charge is -2.28. The van der Waals surface area contributed by atoms with Gasteiger partial charge in [-0.25, -0.2) is 8.42 Å². The molecule has 0 saturated carbocycles. The topological polar surface area (TPSA) is 85.4 Å². The maximum atomic E-state index is 13.7. The van der Waals surface area contributed by atoms with Crippen LogP contribution in [0.3, 0.4) is 0 Å². The Morgan fingerprint density at radius 1 is 1.07 bits per heavy atom. The molecule has 0 N–H and O–H groups in total. The zero-order valence-corrected chi connectivity index (χ0v) is 24.5. The first-order valence-electron chi connectivity index (χ1n) is 13.2. The molecule has 1 unspecified atom stereocenters. The molecule has 2 heterocycles. The lowest BCUT2D eigenvalue weighted by atomic mass is 10.1. The summed E-state index contributed by atoms with van der Waals surface area (Å²) in [7, 11) is -0.710. The third kappa shape index (κ3) is 8.41. The SMILES string of the molecule is COc1ccc(CCN(Cc2cccs2)C(=O)CN(CC2CCCO2)S(=O)(=O)C=Cc2ccccc2)cc1OC. The summed E-state index contributed by atoms with van der Waals surface area (Å²) in [5.74, 6) is 0.995. The van der Waals surface area contributed by atoms with Crippen LogP contribution in [-0.2, 0) is 32.5 Å². The Kier molecular flexibility index (Phi) is 10.8. The van der Waals surface area contributed by atoms with Crippen LogP contribution in [0.2, 0.25) is 0 Å². The van der Waals surface area contributed by atoms with Crippen LogP contribution in [0.1, 0.15) is 28.8 Å². The van der Waals surface area contributed by atoms with Crippen LogP contribution >= 0.6 is 11.3 Å². The van der Waals surface area contributed by atoms with Gasteiger partial charge in [0.2, 0.25) is 15.9 Å². The van der Waals surface area contributed by atoms with E-state index in [4.69, 9.17) is 14.2 Å². The number of carbonyl (C=O) groups is 1. The molecule has 1 saturated heterocycles. The average molecular weight is 585 g/mol. The molecule has 1 aliphatic heterocycles. The molecule has 1 atom stereocenters. The molecular weight excluding hydrogens is 548 g/mol. The predicted octanol–water partition coefficient (Wildman–Crippen LogP) is 4.82. The van der Waals surface area contributed by atoms with Gasteiger partial charge < -0.3 is 19.1 Å². The lowest BCUT2D eigenvalue weighted by molar-refractivity contribution is -0.132. The van der Waals surface area contributed by atoms with Gasteiger partial charge in [-0.05, 0) is 60.0 Å². The summed E-state index contributed by atoms with van der Waals surface area (Å²) in [5.41, 5.74) is 1.75. The number of rotatable bonds is 14. The van der Waals surface area contributed by atoms with E-state index in [1.165, 1.54) is 9.71 Å². The second-order valence-corrected chi connectivity index (χ2v) is 12.4. The third-order valence-corrected chi connectivity index (χ3v) is 9.07. The van der Waals surface area contributed by atoms with Gasteiger partial charge >= 0.3 is 0 Å². The number of nitrogens with zero attached hydrogens (tertiary/aromatic N) is 2. The Labute approximate surface area is 240 Å². The molecular formula is C30H36N2O6S2. The number of benzene rings is 2. The summed E-state index contributed by atoms with van der Waals surface area (Å²) in [5, 5.41) is 3.15. The van der Waals surface area contributed by atoms with E-state index in [0.717, 1.165) is 28.8 Å². The monoisotopic (exact) mass is 584 g/mol. The van der Waals surface area contributed by atoms with Gasteiger partial charge in [0.1, 0.15) is 0 Å². The fraction of sp³-hybridized carbons (Fsp3) is 0.367. The average Bonchev–Trinajstić information content (AvgIpc) is 3.69. The molecule has 40 heavy (non-hydrogen) atoms. The zero-order valence-electron chi connectivity index (χ0n) is 22.9. The Balaban J connectivity index is 1.53.